The number of carbonyl (C=O) groups is 2. The zero-order valence-electron chi connectivity index (χ0n) is 9.89. The number of rotatable bonds is 2. The smallest absolute Gasteiger partial charge is 0.308 e. The Balaban J connectivity index is 2.04. The van der Waals surface area contributed by atoms with Crippen molar-refractivity contribution in [1.82, 2.24) is 4.90 Å². The molecule has 2 heterocycles. The van der Waals surface area contributed by atoms with E-state index >= 15 is 0 Å². The first kappa shape index (κ1) is 12.3. The summed E-state index contributed by atoms with van der Waals surface area (Å²) in [5, 5.41) is 8.91. The summed E-state index contributed by atoms with van der Waals surface area (Å²) < 4.78 is 5.24. The van der Waals surface area contributed by atoms with Gasteiger partial charge in [-0.15, -0.1) is 0 Å². The highest BCUT2D eigenvalue weighted by Gasteiger charge is 2.48. The first-order chi connectivity index (χ1) is 7.95. The molecule has 2 fully saturated rings. The Hall–Kier alpha value is -1.14. The zero-order chi connectivity index (χ0) is 12.6. The van der Waals surface area contributed by atoms with Crippen LogP contribution in [0, 0.1) is 11.3 Å². The van der Waals surface area contributed by atoms with Crippen molar-refractivity contribution >= 4 is 11.9 Å². The van der Waals surface area contributed by atoms with Gasteiger partial charge in [-0.1, -0.05) is 0 Å². The number of carboxylic acids is 1. The summed E-state index contributed by atoms with van der Waals surface area (Å²) in [6.07, 6.45) is 0.521. The van der Waals surface area contributed by atoms with Gasteiger partial charge in [0, 0.05) is 19.1 Å². The van der Waals surface area contributed by atoms with Crippen LogP contribution in [-0.4, -0.2) is 54.2 Å². The molecule has 2 saturated heterocycles. The second-order valence-corrected chi connectivity index (χ2v) is 5.11. The quantitative estimate of drug-likeness (QED) is 0.667. The molecule has 0 aliphatic carbocycles. The lowest BCUT2D eigenvalue weighted by Crippen LogP contribution is -2.51. The molecule has 3 unspecified atom stereocenters. The second-order valence-electron chi connectivity index (χ2n) is 5.11. The van der Waals surface area contributed by atoms with Crippen LogP contribution in [0.25, 0.3) is 0 Å². The third kappa shape index (κ3) is 2.02. The van der Waals surface area contributed by atoms with Gasteiger partial charge in [-0.25, -0.2) is 0 Å². The minimum absolute atomic E-state index is 0.0775. The molecule has 2 aliphatic heterocycles. The molecule has 0 radical (unpaired) electrons. The molecule has 0 aromatic carbocycles. The van der Waals surface area contributed by atoms with Gasteiger partial charge in [0.25, 0.3) is 0 Å². The van der Waals surface area contributed by atoms with E-state index in [0.29, 0.717) is 26.2 Å². The minimum Gasteiger partial charge on any atom is -0.481 e. The predicted molar refractivity (Wildman–Crippen MR) is 59.2 cm³/mol. The van der Waals surface area contributed by atoms with Gasteiger partial charge in [0.2, 0.25) is 5.91 Å². The Morgan fingerprint density at radius 1 is 1.53 bits per heavy atom. The number of aliphatic carboxylic acids is 1. The van der Waals surface area contributed by atoms with Crippen molar-refractivity contribution < 1.29 is 19.4 Å². The van der Waals surface area contributed by atoms with Gasteiger partial charge in [0.05, 0.1) is 24.5 Å². The summed E-state index contributed by atoms with van der Waals surface area (Å²) in [7, 11) is 0. The van der Waals surface area contributed by atoms with Gasteiger partial charge >= 0.3 is 5.97 Å². The Labute approximate surface area is 99.7 Å². The molecule has 0 saturated carbocycles. The molecule has 17 heavy (non-hydrogen) atoms. The minimum atomic E-state index is -0.836. The Kier molecular flexibility index (Phi) is 3.09. The van der Waals surface area contributed by atoms with E-state index in [4.69, 9.17) is 15.6 Å². The molecule has 2 aliphatic rings. The molecule has 0 aromatic rings. The maximum Gasteiger partial charge on any atom is 0.308 e. The fourth-order valence-electron chi connectivity index (χ4n) is 2.42. The van der Waals surface area contributed by atoms with Gasteiger partial charge in [-0.2, -0.15) is 0 Å². The third-order valence-electron chi connectivity index (χ3n) is 3.83. The van der Waals surface area contributed by atoms with Crippen LogP contribution in [0.5, 0.6) is 0 Å². The molecule has 6 nitrogen and oxygen atoms in total. The molecular formula is C11H18N2O4. The van der Waals surface area contributed by atoms with Crippen molar-refractivity contribution in [3.05, 3.63) is 0 Å². The van der Waals surface area contributed by atoms with Crippen LogP contribution >= 0.6 is 0 Å². The van der Waals surface area contributed by atoms with Crippen LogP contribution in [0.2, 0.25) is 0 Å². The molecule has 1 amide bonds. The predicted octanol–water partition coefficient (Wildman–Crippen LogP) is -0.717. The fourth-order valence-corrected chi connectivity index (χ4v) is 2.42. The normalized spacial score (nSPS) is 37.4. The molecule has 0 spiro atoms. The summed E-state index contributed by atoms with van der Waals surface area (Å²) in [5.41, 5.74) is 5.19. The van der Waals surface area contributed by atoms with Crippen molar-refractivity contribution in [2.75, 3.05) is 26.3 Å². The molecule has 3 atom stereocenters. The van der Waals surface area contributed by atoms with E-state index in [-0.39, 0.29) is 18.5 Å². The van der Waals surface area contributed by atoms with Crippen LogP contribution < -0.4 is 5.73 Å². The number of hydrogen-bond acceptors (Lipinski definition) is 4. The van der Waals surface area contributed by atoms with Crippen LogP contribution in [0.15, 0.2) is 0 Å². The van der Waals surface area contributed by atoms with Crippen molar-refractivity contribution in [2.24, 2.45) is 17.1 Å². The maximum absolute atomic E-state index is 12.3. The molecule has 2 rings (SSSR count). The topological polar surface area (TPSA) is 92.9 Å². The van der Waals surface area contributed by atoms with Gasteiger partial charge in [-0.3, -0.25) is 9.59 Å². The average molecular weight is 242 g/mol. The van der Waals surface area contributed by atoms with Crippen molar-refractivity contribution in [3.8, 4) is 0 Å². The highest BCUT2D eigenvalue weighted by atomic mass is 16.5. The number of carboxylic acid groups (broad SMARTS) is 1. The second kappa shape index (κ2) is 4.27. The Morgan fingerprint density at radius 3 is 2.71 bits per heavy atom. The summed E-state index contributed by atoms with van der Waals surface area (Å²) >= 11 is 0. The van der Waals surface area contributed by atoms with Gasteiger partial charge in [-0.05, 0) is 13.3 Å². The van der Waals surface area contributed by atoms with Crippen LogP contribution in [-0.2, 0) is 14.3 Å². The van der Waals surface area contributed by atoms with Crippen LogP contribution in [0.1, 0.15) is 13.3 Å². The molecule has 96 valence electrons. The number of ether oxygens (including phenoxy) is 1. The van der Waals surface area contributed by atoms with E-state index in [1.807, 2.05) is 0 Å². The first-order valence-corrected chi connectivity index (χ1v) is 5.80. The fraction of sp³-hybridized carbons (Fsp3) is 0.818. The number of amides is 1. The third-order valence-corrected chi connectivity index (χ3v) is 3.83. The van der Waals surface area contributed by atoms with E-state index in [1.54, 1.807) is 11.8 Å². The first-order valence-electron chi connectivity index (χ1n) is 5.80. The monoisotopic (exact) mass is 242 g/mol. The molecule has 6 heteroatoms. The van der Waals surface area contributed by atoms with E-state index in [9.17, 15) is 9.59 Å². The average Bonchev–Trinajstić information content (AvgIpc) is 2.87. The lowest BCUT2D eigenvalue weighted by atomic mass is 9.84. The van der Waals surface area contributed by atoms with Crippen molar-refractivity contribution in [2.45, 2.75) is 19.4 Å². The summed E-state index contributed by atoms with van der Waals surface area (Å²) in [5.74, 6) is -1.36. The molecular weight excluding hydrogens is 224 g/mol. The number of hydrogen-bond donors (Lipinski definition) is 2. The van der Waals surface area contributed by atoms with E-state index in [1.165, 1.54) is 0 Å². The number of likely N-dealkylation sites (tertiary alicyclic amines) is 1. The van der Waals surface area contributed by atoms with Crippen LogP contribution in [0.3, 0.4) is 0 Å². The lowest BCUT2D eigenvalue weighted by molar-refractivity contribution is -0.143. The number of carbonyl (C=O) groups excluding carboxylic acids is 1. The van der Waals surface area contributed by atoms with Gasteiger partial charge in [0.15, 0.2) is 0 Å². The zero-order valence-corrected chi connectivity index (χ0v) is 9.89. The standard InChI is InChI=1S/C11H18N2O4/c1-11(6-17-5-8(11)12)10(16)13-3-2-7(4-13)9(14)15/h7-8H,2-6,12H2,1H3,(H,14,15). The number of nitrogens with two attached hydrogens (primary N) is 1. The van der Waals surface area contributed by atoms with E-state index in [2.05, 4.69) is 0 Å². The molecule has 0 aromatic heterocycles. The van der Waals surface area contributed by atoms with Crippen molar-refractivity contribution in [1.29, 1.82) is 0 Å². The lowest BCUT2D eigenvalue weighted by Gasteiger charge is -2.30. The summed E-state index contributed by atoms with van der Waals surface area (Å²) in [6, 6.07) is -0.307. The maximum atomic E-state index is 12.3. The summed E-state index contributed by atoms with van der Waals surface area (Å²) in [6.45, 7) is 3.29. The Morgan fingerprint density at radius 2 is 2.24 bits per heavy atom. The number of nitrogens with zero attached hydrogens (tertiary/aromatic N) is 1. The highest BCUT2D eigenvalue weighted by molar-refractivity contribution is 5.85. The van der Waals surface area contributed by atoms with Gasteiger partial charge < -0.3 is 20.5 Å². The van der Waals surface area contributed by atoms with Crippen LogP contribution in [0.4, 0.5) is 0 Å². The molecule has 0 bridgehead atoms. The van der Waals surface area contributed by atoms with Gasteiger partial charge in [0.1, 0.15) is 0 Å². The Bertz CT molecular complexity index is 346. The SMILES string of the molecule is CC1(C(=O)N2CCC(C(=O)O)C2)COCC1N. The highest BCUT2D eigenvalue weighted by Crippen LogP contribution is 2.31. The van der Waals surface area contributed by atoms with Crippen molar-refractivity contribution in [3.63, 3.8) is 0 Å². The van der Waals surface area contributed by atoms with E-state index in [0.717, 1.165) is 0 Å². The van der Waals surface area contributed by atoms with E-state index < -0.39 is 17.3 Å². The summed E-state index contributed by atoms with van der Waals surface area (Å²) in [4.78, 5) is 24.8. The largest absolute Gasteiger partial charge is 0.481 e. The molecule has 3 N–H and O–H groups in total.